The summed E-state index contributed by atoms with van der Waals surface area (Å²) in [6.07, 6.45) is 3.12. The van der Waals surface area contributed by atoms with Crippen molar-refractivity contribution in [3.63, 3.8) is 0 Å². The summed E-state index contributed by atoms with van der Waals surface area (Å²) in [7, 11) is 0. The van der Waals surface area contributed by atoms with E-state index in [-0.39, 0.29) is 0 Å². The van der Waals surface area contributed by atoms with Gasteiger partial charge in [-0.15, -0.1) is 0 Å². The molecule has 0 spiro atoms. The van der Waals surface area contributed by atoms with Crippen LogP contribution in [0.15, 0.2) is 30.6 Å². The zero-order valence-electron chi connectivity index (χ0n) is 8.42. The van der Waals surface area contributed by atoms with Gasteiger partial charge in [0.1, 0.15) is 6.07 Å². The van der Waals surface area contributed by atoms with E-state index >= 15 is 0 Å². The van der Waals surface area contributed by atoms with E-state index in [2.05, 4.69) is 4.98 Å². The number of hydrogen-bond donors (Lipinski definition) is 0. The zero-order valence-corrected chi connectivity index (χ0v) is 10.7. The molecule has 0 aliphatic carbocycles. The smallest absolute Gasteiger partial charge is 0.101 e. The highest BCUT2D eigenvalue weighted by Crippen LogP contribution is 2.34. The minimum absolute atomic E-state index is 0.321. The van der Waals surface area contributed by atoms with Crippen LogP contribution in [0.25, 0.3) is 11.1 Å². The molecular formula is C12H5Cl3N2. The monoisotopic (exact) mass is 282 g/mol. The fourth-order valence-corrected chi connectivity index (χ4v) is 1.98. The van der Waals surface area contributed by atoms with Crippen LogP contribution in [0.5, 0.6) is 0 Å². The molecule has 0 saturated heterocycles. The molecule has 84 valence electrons. The van der Waals surface area contributed by atoms with Crippen molar-refractivity contribution in [2.24, 2.45) is 0 Å². The van der Waals surface area contributed by atoms with Crippen LogP contribution in [0.3, 0.4) is 0 Å². The number of nitrogens with zero attached hydrogens (tertiary/aromatic N) is 2. The standard InChI is InChI=1S/C12H5Cl3N2/c13-10-2-8(3-11(14)12(10)15)9-1-7(4-16)5-17-6-9/h1-3,5-6H. The lowest BCUT2D eigenvalue weighted by atomic mass is 10.1. The molecule has 0 aliphatic heterocycles. The first-order valence-electron chi connectivity index (χ1n) is 4.62. The highest BCUT2D eigenvalue weighted by Gasteiger charge is 2.08. The van der Waals surface area contributed by atoms with E-state index in [4.69, 9.17) is 40.1 Å². The molecule has 0 amide bonds. The lowest BCUT2D eigenvalue weighted by Gasteiger charge is -2.05. The topological polar surface area (TPSA) is 36.7 Å². The molecule has 0 N–H and O–H groups in total. The van der Waals surface area contributed by atoms with E-state index < -0.39 is 0 Å². The molecule has 0 radical (unpaired) electrons. The van der Waals surface area contributed by atoms with E-state index in [1.165, 1.54) is 6.20 Å². The molecule has 1 aromatic heterocycles. The number of halogens is 3. The first-order valence-corrected chi connectivity index (χ1v) is 5.75. The van der Waals surface area contributed by atoms with Crippen LogP contribution in [0.2, 0.25) is 15.1 Å². The van der Waals surface area contributed by atoms with Crippen LogP contribution in [0.1, 0.15) is 5.56 Å². The van der Waals surface area contributed by atoms with Crippen molar-refractivity contribution in [1.82, 2.24) is 4.98 Å². The van der Waals surface area contributed by atoms with Gasteiger partial charge in [0.2, 0.25) is 0 Å². The van der Waals surface area contributed by atoms with Gasteiger partial charge in [0.15, 0.2) is 0 Å². The molecule has 5 heteroatoms. The Balaban J connectivity index is 2.57. The van der Waals surface area contributed by atoms with Crippen molar-refractivity contribution in [3.8, 4) is 17.2 Å². The largest absolute Gasteiger partial charge is 0.263 e. The Morgan fingerprint density at radius 1 is 0.941 bits per heavy atom. The SMILES string of the molecule is N#Cc1cncc(-c2cc(Cl)c(Cl)c(Cl)c2)c1. The van der Waals surface area contributed by atoms with E-state index in [0.29, 0.717) is 20.6 Å². The second-order valence-electron chi connectivity index (χ2n) is 3.33. The van der Waals surface area contributed by atoms with E-state index in [1.807, 2.05) is 6.07 Å². The Bertz CT molecular complexity index is 594. The Labute approximate surface area is 113 Å². The summed E-state index contributed by atoms with van der Waals surface area (Å²) in [6, 6.07) is 7.11. The molecule has 2 rings (SSSR count). The average Bonchev–Trinajstić information content (AvgIpc) is 2.35. The van der Waals surface area contributed by atoms with Gasteiger partial charge < -0.3 is 0 Å². The third kappa shape index (κ3) is 2.53. The number of nitriles is 1. The van der Waals surface area contributed by atoms with Gasteiger partial charge in [0.25, 0.3) is 0 Å². The number of aromatic nitrogens is 1. The van der Waals surface area contributed by atoms with Gasteiger partial charge in [-0.1, -0.05) is 34.8 Å². The Morgan fingerprint density at radius 3 is 2.18 bits per heavy atom. The van der Waals surface area contributed by atoms with Gasteiger partial charge in [0, 0.05) is 18.0 Å². The molecule has 1 heterocycles. The third-order valence-electron chi connectivity index (χ3n) is 2.18. The summed E-state index contributed by atoms with van der Waals surface area (Å²) in [5.41, 5.74) is 2.02. The summed E-state index contributed by atoms with van der Waals surface area (Å²) in [5.74, 6) is 0. The lowest BCUT2D eigenvalue weighted by Crippen LogP contribution is -1.84. The van der Waals surface area contributed by atoms with Crippen molar-refractivity contribution < 1.29 is 0 Å². The Morgan fingerprint density at radius 2 is 1.59 bits per heavy atom. The van der Waals surface area contributed by atoms with Gasteiger partial charge in [-0.3, -0.25) is 4.98 Å². The zero-order chi connectivity index (χ0) is 12.4. The molecule has 0 aliphatic rings. The van der Waals surface area contributed by atoms with Gasteiger partial charge in [-0.2, -0.15) is 5.26 Å². The molecule has 17 heavy (non-hydrogen) atoms. The van der Waals surface area contributed by atoms with Crippen LogP contribution in [-0.2, 0) is 0 Å². The maximum atomic E-state index is 8.80. The first kappa shape index (κ1) is 12.2. The summed E-state index contributed by atoms with van der Waals surface area (Å²) >= 11 is 17.7. The van der Waals surface area contributed by atoms with Crippen LogP contribution < -0.4 is 0 Å². The molecule has 0 saturated carbocycles. The van der Waals surface area contributed by atoms with E-state index in [1.54, 1.807) is 24.4 Å². The van der Waals surface area contributed by atoms with Crippen molar-refractivity contribution in [2.45, 2.75) is 0 Å². The molecule has 0 bridgehead atoms. The molecule has 0 unspecified atom stereocenters. The second kappa shape index (κ2) is 4.93. The average molecular weight is 284 g/mol. The van der Waals surface area contributed by atoms with Crippen LogP contribution in [-0.4, -0.2) is 4.98 Å². The molecule has 2 aromatic rings. The predicted octanol–water partition coefficient (Wildman–Crippen LogP) is 4.58. The normalized spacial score (nSPS) is 10.0. The lowest BCUT2D eigenvalue weighted by molar-refractivity contribution is 1.30. The number of rotatable bonds is 1. The minimum atomic E-state index is 0.321. The maximum Gasteiger partial charge on any atom is 0.101 e. The Kier molecular flexibility index (Phi) is 3.54. The van der Waals surface area contributed by atoms with Crippen LogP contribution >= 0.6 is 34.8 Å². The third-order valence-corrected chi connectivity index (χ3v) is 3.38. The highest BCUT2D eigenvalue weighted by molar-refractivity contribution is 6.48. The van der Waals surface area contributed by atoms with E-state index in [0.717, 1.165) is 11.1 Å². The summed E-state index contributed by atoms with van der Waals surface area (Å²) < 4.78 is 0. The maximum absolute atomic E-state index is 8.80. The van der Waals surface area contributed by atoms with Crippen molar-refractivity contribution in [2.75, 3.05) is 0 Å². The van der Waals surface area contributed by atoms with Gasteiger partial charge in [0.05, 0.1) is 20.6 Å². The summed E-state index contributed by atoms with van der Waals surface area (Å²) in [4.78, 5) is 3.97. The number of benzene rings is 1. The van der Waals surface area contributed by atoms with Crippen LogP contribution in [0, 0.1) is 11.3 Å². The van der Waals surface area contributed by atoms with Crippen molar-refractivity contribution >= 4 is 34.8 Å². The quantitative estimate of drug-likeness (QED) is 0.718. The fraction of sp³-hybridized carbons (Fsp3) is 0. The van der Waals surface area contributed by atoms with Crippen LogP contribution in [0.4, 0.5) is 0 Å². The fourth-order valence-electron chi connectivity index (χ4n) is 1.38. The molecule has 0 atom stereocenters. The highest BCUT2D eigenvalue weighted by atomic mass is 35.5. The minimum Gasteiger partial charge on any atom is -0.263 e. The van der Waals surface area contributed by atoms with Crippen molar-refractivity contribution in [1.29, 1.82) is 5.26 Å². The van der Waals surface area contributed by atoms with Gasteiger partial charge in [-0.05, 0) is 23.8 Å². The summed E-state index contributed by atoms with van der Waals surface area (Å²) in [6.45, 7) is 0. The number of pyridine rings is 1. The molecule has 0 fully saturated rings. The van der Waals surface area contributed by atoms with Gasteiger partial charge in [-0.25, -0.2) is 0 Å². The molecule has 2 nitrogen and oxygen atoms in total. The molecular weight excluding hydrogens is 279 g/mol. The number of hydrogen-bond acceptors (Lipinski definition) is 2. The predicted molar refractivity (Wildman–Crippen MR) is 69.4 cm³/mol. The van der Waals surface area contributed by atoms with E-state index in [9.17, 15) is 0 Å². The summed E-state index contributed by atoms with van der Waals surface area (Å²) in [5, 5.41) is 9.86. The second-order valence-corrected chi connectivity index (χ2v) is 4.52. The first-order chi connectivity index (χ1) is 8.11. The van der Waals surface area contributed by atoms with Crippen molar-refractivity contribution in [3.05, 3.63) is 51.2 Å². The van der Waals surface area contributed by atoms with Gasteiger partial charge >= 0.3 is 0 Å². The Hall–Kier alpha value is -1.27. The molecule has 1 aromatic carbocycles.